The summed E-state index contributed by atoms with van der Waals surface area (Å²) in [5, 5.41) is 3.63. The average Bonchev–Trinajstić information content (AvgIpc) is 2.39. The summed E-state index contributed by atoms with van der Waals surface area (Å²) in [6, 6.07) is 2.05. The predicted molar refractivity (Wildman–Crippen MR) is 89.4 cm³/mol. The molecule has 2 heterocycles. The van der Waals surface area contributed by atoms with Crippen LogP contribution in [-0.4, -0.2) is 30.2 Å². The van der Waals surface area contributed by atoms with Crippen molar-refractivity contribution in [2.45, 2.75) is 46.1 Å². The number of pyridine rings is 1. The van der Waals surface area contributed by atoms with Crippen molar-refractivity contribution in [1.82, 2.24) is 10.3 Å². The van der Waals surface area contributed by atoms with E-state index < -0.39 is 0 Å². The van der Waals surface area contributed by atoms with Gasteiger partial charge in [-0.15, -0.1) is 0 Å². The van der Waals surface area contributed by atoms with Crippen LogP contribution in [0.15, 0.2) is 16.7 Å². The van der Waals surface area contributed by atoms with Crippen LogP contribution < -0.4 is 10.2 Å². The molecule has 112 valence electrons. The number of aryl methyl sites for hydroxylation is 1. The highest BCUT2D eigenvalue weighted by Crippen LogP contribution is 2.30. The third kappa shape index (κ3) is 4.19. The molecule has 1 aromatic rings. The van der Waals surface area contributed by atoms with Gasteiger partial charge in [0.2, 0.25) is 0 Å². The molecule has 1 saturated heterocycles. The Morgan fingerprint density at radius 2 is 2.20 bits per heavy atom. The van der Waals surface area contributed by atoms with Crippen molar-refractivity contribution in [3.63, 3.8) is 0 Å². The van der Waals surface area contributed by atoms with Gasteiger partial charge >= 0.3 is 0 Å². The van der Waals surface area contributed by atoms with E-state index in [0.717, 1.165) is 29.9 Å². The molecule has 1 atom stereocenters. The number of piperidine rings is 1. The zero-order valence-corrected chi connectivity index (χ0v) is 14.6. The van der Waals surface area contributed by atoms with Crippen LogP contribution in [0.5, 0.6) is 0 Å². The number of halogens is 1. The lowest BCUT2D eigenvalue weighted by Gasteiger charge is -2.35. The standard InChI is InChI=1S/C16H26BrN3/c1-12-7-8-18-15(14(12)17)20-9-5-6-13(11-20)10-19-16(2,3)4/h7-8,13,19H,5-6,9-11H2,1-4H3. The van der Waals surface area contributed by atoms with Crippen molar-refractivity contribution in [2.24, 2.45) is 5.92 Å². The molecule has 3 nitrogen and oxygen atoms in total. The highest BCUT2D eigenvalue weighted by molar-refractivity contribution is 9.10. The molecule has 4 heteroatoms. The predicted octanol–water partition coefficient (Wildman–Crippen LogP) is 3.76. The molecule has 1 aromatic heterocycles. The molecule has 0 amide bonds. The quantitative estimate of drug-likeness (QED) is 0.908. The first-order chi connectivity index (χ1) is 9.37. The molecule has 1 fully saturated rings. The highest BCUT2D eigenvalue weighted by atomic mass is 79.9. The van der Waals surface area contributed by atoms with Crippen LogP contribution in [-0.2, 0) is 0 Å². The summed E-state index contributed by atoms with van der Waals surface area (Å²) in [5.74, 6) is 1.81. The lowest BCUT2D eigenvalue weighted by atomic mass is 9.96. The Balaban J connectivity index is 2.01. The number of nitrogens with zero attached hydrogens (tertiary/aromatic N) is 2. The minimum atomic E-state index is 0.199. The van der Waals surface area contributed by atoms with Crippen LogP contribution in [0.4, 0.5) is 5.82 Å². The zero-order valence-electron chi connectivity index (χ0n) is 13.0. The van der Waals surface area contributed by atoms with Gasteiger partial charge in [0.1, 0.15) is 5.82 Å². The van der Waals surface area contributed by atoms with E-state index in [4.69, 9.17) is 0 Å². The van der Waals surface area contributed by atoms with Gasteiger partial charge in [-0.2, -0.15) is 0 Å². The van der Waals surface area contributed by atoms with Crippen molar-refractivity contribution >= 4 is 21.7 Å². The van der Waals surface area contributed by atoms with E-state index in [2.05, 4.69) is 64.9 Å². The van der Waals surface area contributed by atoms with Crippen molar-refractivity contribution in [3.05, 3.63) is 22.3 Å². The van der Waals surface area contributed by atoms with Crippen LogP contribution in [0, 0.1) is 12.8 Å². The van der Waals surface area contributed by atoms with Gasteiger partial charge in [0, 0.05) is 31.4 Å². The lowest BCUT2D eigenvalue weighted by Crippen LogP contribution is -2.45. The van der Waals surface area contributed by atoms with Crippen molar-refractivity contribution < 1.29 is 0 Å². The first-order valence-electron chi connectivity index (χ1n) is 7.48. The molecule has 1 N–H and O–H groups in total. The van der Waals surface area contributed by atoms with Gasteiger partial charge in [-0.05, 0) is 74.0 Å². The second-order valence-electron chi connectivity index (χ2n) is 6.85. The van der Waals surface area contributed by atoms with Gasteiger partial charge in [0.15, 0.2) is 0 Å². The van der Waals surface area contributed by atoms with Crippen LogP contribution in [0.1, 0.15) is 39.2 Å². The topological polar surface area (TPSA) is 28.2 Å². The first kappa shape index (κ1) is 15.8. The Labute approximate surface area is 131 Å². The Hall–Kier alpha value is -0.610. The first-order valence-corrected chi connectivity index (χ1v) is 8.27. The van der Waals surface area contributed by atoms with Crippen molar-refractivity contribution in [3.8, 4) is 0 Å². The summed E-state index contributed by atoms with van der Waals surface area (Å²) in [6.07, 6.45) is 4.47. The second-order valence-corrected chi connectivity index (χ2v) is 7.64. The van der Waals surface area contributed by atoms with Gasteiger partial charge in [-0.3, -0.25) is 0 Å². The number of aromatic nitrogens is 1. The minimum absolute atomic E-state index is 0.199. The van der Waals surface area contributed by atoms with Crippen LogP contribution in [0.2, 0.25) is 0 Å². The van der Waals surface area contributed by atoms with E-state index in [1.54, 1.807) is 0 Å². The van der Waals surface area contributed by atoms with Gasteiger partial charge in [0.05, 0.1) is 4.47 Å². The van der Waals surface area contributed by atoms with E-state index in [0.29, 0.717) is 5.92 Å². The van der Waals surface area contributed by atoms with Crippen LogP contribution >= 0.6 is 15.9 Å². The van der Waals surface area contributed by atoms with E-state index in [-0.39, 0.29) is 5.54 Å². The molecule has 1 unspecified atom stereocenters. The second kappa shape index (κ2) is 6.44. The van der Waals surface area contributed by atoms with Gasteiger partial charge in [-0.1, -0.05) is 0 Å². The molecule has 1 aliphatic rings. The normalized spacial score (nSPS) is 20.2. The third-order valence-electron chi connectivity index (χ3n) is 3.80. The Bertz CT molecular complexity index is 454. The fraction of sp³-hybridized carbons (Fsp3) is 0.688. The largest absolute Gasteiger partial charge is 0.355 e. The molecule has 0 bridgehead atoms. The number of nitrogens with one attached hydrogen (secondary N) is 1. The summed E-state index contributed by atoms with van der Waals surface area (Å²) in [6.45, 7) is 12.1. The fourth-order valence-corrected chi connectivity index (χ4v) is 3.11. The molecule has 0 spiro atoms. The summed E-state index contributed by atoms with van der Waals surface area (Å²) >= 11 is 3.69. The van der Waals surface area contributed by atoms with Gasteiger partial charge in [-0.25, -0.2) is 4.98 Å². The van der Waals surface area contributed by atoms with E-state index >= 15 is 0 Å². The highest BCUT2D eigenvalue weighted by Gasteiger charge is 2.23. The third-order valence-corrected chi connectivity index (χ3v) is 4.78. The molecule has 2 rings (SSSR count). The number of hydrogen-bond donors (Lipinski definition) is 1. The summed E-state index contributed by atoms with van der Waals surface area (Å²) in [5.41, 5.74) is 1.45. The minimum Gasteiger partial charge on any atom is -0.355 e. The average molecular weight is 340 g/mol. The summed E-state index contributed by atoms with van der Waals surface area (Å²) in [4.78, 5) is 6.99. The molecule has 0 aliphatic carbocycles. The molecule has 1 aliphatic heterocycles. The van der Waals surface area contributed by atoms with E-state index in [1.165, 1.54) is 18.4 Å². The van der Waals surface area contributed by atoms with E-state index in [1.807, 2.05) is 6.20 Å². The number of anilines is 1. The molecular weight excluding hydrogens is 314 g/mol. The molecule has 0 aromatic carbocycles. The maximum absolute atomic E-state index is 4.56. The lowest BCUT2D eigenvalue weighted by molar-refractivity contribution is 0.334. The zero-order chi connectivity index (χ0) is 14.8. The monoisotopic (exact) mass is 339 g/mol. The Kier molecular flexibility index (Phi) is 5.08. The van der Waals surface area contributed by atoms with Gasteiger partial charge < -0.3 is 10.2 Å². The van der Waals surface area contributed by atoms with E-state index in [9.17, 15) is 0 Å². The maximum atomic E-state index is 4.56. The molecule has 0 saturated carbocycles. The summed E-state index contributed by atoms with van der Waals surface area (Å²) in [7, 11) is 0. The van der Waals surface area contributed by atoms with Crippen LogP contribution in [0.25, 0.3) is 0 Å². The number of hydrogen-bond acceptors (Lipinski definition) is 3. The molecular formula is C16H26BrN3. The SMILES string of the molecule is Cc1ccnc(N2CCCC(CNC(C)(C)C)C2)c1Br. The Morgan fingerprint density at radius 1 is 1.45 bits per heavy atom. The molecule has 0 radical (unpaired) electrons. The smallest absolute Gasteiger partial charge is 0.143 e. The molecule has 20 heavy (non-hydrogen) atoms. The van der Waals surface area contributed by atoms with Crippen LogP contribution in [0.3, 0.4) is 0 Å². The van der Waals surface area contributed by atoms with Crippen molar-refractivity contribution in [1.29, 1.82) is 0 Å². The van der Waals surface area contributed by atoms with Gasteiger partial charge in [0.25, 0.3) is 0 Å². The number of rotatable bonds is 3. The Morgan fingerprint density at radius 3 is 2.90 bits per heavy atom. The maximum Gasteiger partial charge on any atom is 0.143 e. The van der Waals surface area contributed by atoms with Crippen molar-refractivity contribution in [2.75, 3.05) is 24.5 Å². The summed E-state index contributed by atoms with van der Waals surface area (Å²) < 4.78 is 1.14. The fourth-order valence-electron chi connectivity index (χ4n) is 2.62.